The van der Waals surface area contributed by atoms with E-state index in [0.29, 0.717) is 26.1 Å². The van der Waals surface area contributed by atoms with Crippen molar-refractivity contribution in [1.82, 2.24) is 14.5 Å². The highest BCUT2D eigenvalue weighted by molar-refractivity contribution is 7.89. The summed E-state index contributed by atoms with van der Waals surface area (Å²) in [6, 6.07) is 3.12. The van der Waals surface area contributed by atoms with Gasteiger partial charge in [0.05, 0.1) is 13.2 Å². The number of fused-ring (bicyclic) bond motifs is 1. The molecule has 1 atom stereocenters. The summed E-state index contributed by atoms with van der Waals surface area (Å²) in [6.07, 6.45) is 0.405. The predicted molar refractivity (Wildman–Crippen MR) is 84.7 cm³/mol. The Labute approximate surface area is 140 Å². The van der Waals surface area contributed by atoms with Crippen LogP contribution in [0.4, 0.5) is 4.39 Å². The van der Waals surface area contributed by atoms with Gasteiger partial charge in [0.2, 0.25) is 15.9 Å². The zero-order valence-electron chi connectivity index (χ0n) is 13.4. The molecule has 1 aromatic rings. The second-order valence-electron chi connectivity index (χ2n) is 5.83. The van der Waals surface area contributed by atoms with E-state index in [0.717, 1.165) is 12.1 Å². The standard InChI is InChI=1S/C15H20FN3O4S/c1-23-13-3-2-11(16)10-14(13)24(21,22)19-6-4-12-15(20)17-5-7-18(12)8-9-19/h2-3,10,12H,4-9H2,1H3,(H,17,20). The lowest BCUT2D eigenvalue weighted by molar-refractivity contribution is -0.128. The minimum atomic E-state index is -3.90. The molecule has 2 fully saturated rings. The van der Waals surface area contributed by atoms with Gasteiger partial charge in [-0.3, -0.25) is 9.69 Å². The predicted octanol–water partition coefficient (Wildman–Crippen LogP) is 0.0291. The first-order valence-electron chi connectivity index (χ1n) is 7.79. The summed E-state index contributed by atoms with van der Waals surface area (Å²) < 4.78 is 45.8. The lowest BCUT2D eigenvalue weighted by Gasteiger charge is -2.32. The third kappa shape index (κ3) is 3.11. The molecule has 0 radical (unpaired) electrons. The maximum absolute atomic E-state index is 13.6. The van der Waals surface area contributed by atoms with E-state index in [2.05, 4.69) is 5.32 Å². The lowest BCUT2D eigenvalue weighted by atomic mass is 10.1. The molecular weight excluding hydrogens is 337 g/mol. The van der Waals surface area contributed by atoms with Crippen molar-refractivity contribution >= 4 is 15.9 Å². The quantitative estimate of drug-likeness (QED) is 0.826. The number of halogens is 1. The van der Waals surface area contributed by atoms with Gasteiger partial charge in [0.15, 0.2) is 0 Å². The Balaban J connectivity index is 1.88. The van der Waals surface area contributed by atoms with E-state index in [4.69, 9.17) is 4.74 Å². The van der Waals surface area contributed by atoms with E-state index in [-0.39, 0.29) is 35.7 Å². The van der Waals surface area contributed by atoms with Crippen molar-refractivity contribution in [3.8, 4) is 5.75 Å². The number of hydrogen-bond donors (Lipinski definition) is 1. The number of nitrogens with zero attached hydrogens (tertiary/aromatic N) is 2. The molecule has 0 aromatic heterocycles. The van der Waals surface area contributed by atoms with Crippen LogP contribution >= 0.6 is 0 Å². The zero-order valence-corrected chi connectivity index (χ0v) is 14.2. The number of carbonyl (C=O) groups excluding carboxylic acids is 1. The fourth-order valence-corrected chi connectivity index (χ4v) is 4.81. The molecule has 1 N–H and O–H groups in total. The fourth-order valence-electron chi connectivity index (χ4n) is 3.19. The molecule has 9 heteroatoms. The highest BCUT2D eigenvalue weighted by Gasteiger charge is 2.36. The number of amides is 1. The molecule has 0 saturated carbocycles. The maximum atomic E-state index is 13.6. The summed E-state index contributed by atoms with van der Waals surface area (Å²) in [5.74, 6) is -0.596. The second kappa shape index (κ2) is 6.66. The average molecular weight is 357 g/mol. The van der Waals surface area contributed by atoms with Crippen LogP contribution in [0.3, 0.4) is 0 Å². The van der Waals surface area contributed by atoms with Crippen LogP contribution in [0, 0.1) is 5.82 Å². The number of ether oxygens (including phenoxy) is 1. The van der Waals surface area contributed by atoms with Crippen LogP contribution in [0.25, 0.3) is 0 Å². The summed E-state index contributed by atoms with van der Waals surface area (Å²) in [6.45, 7) is 2.20. The Kier molecular flexibility index (Phi) is 4.75. The van der Waals surface area contributed by atoms with Crippen LogP contribution in [0.2, 0.25) is 0 Å². The number of piperazine rings is 1. The fraction of sp³-hybridized carbons (Fsp3) is 0.533. The van der Waals surface area contributed by atoms with E-state index >= 15 is 0 Å². The van der Waals surface area contributed by atoms with Crippen LogP contribution in [-0.4, -0.2) is 69.4 Å². The summed E-state index contributed by atoms with van der Waals surface area (Å²) in [5, 5.41) is 2.80. The smallest absolute Gasteiger partial charge is 0.246 e. The average Bonchev–Trinajstić information content (AvgIpc) is 2.79. The molecule has 7 nitrogen and oxygen atoms in total. The van der Waals surface area contributed by atoms with Gasteiger partial charge in [0.1, 0.15) is 16.5 Å². The molecule has 1 amide bonds. The third-order valence-electron chi connectivity index (χ3n) is 4.47. The molecule has 1 aromatic carbocycles. The van der Waals surface area contributed by atoms with E-state index in [1.54, 1.807) is 0 Å². The number of sulfonamides is 1. The Hall–Kier alpha value is -1.71. The highest BCUT2D eigenvalue weighted by Crippen LogP contribution is 2.28. The van der Waals surface area contributed by atoms with Gasteiger partial charge in [-0.1, -0.05) is 0 Å². The molecule has 0 aliphatic carbocycles. The van der Waals surface area contributed by atoms with E-state index in [1.165, 1.54) is 17.5 Å². The number of carbonyl (C=O) groups is 1. The SMILES string of the molecule is COc1ccc(F)cc1S(=O)(=O)N1CCC2C(=O)NCCN2CC1. The molecule has 2 saturated heterocycles. The van der Waals surface area contributed by atoms with Gasteiger partial charge in [-0.15, -0.1) is 0 Å². The number of methoxy groups -OCH3 is 1. The van der Waals surface area contributed by atoms with Crippen LogP contribution in [0.1, 0.15) is 6.42 Å². The molecule has 3 rings (SSSR count). The van der Waals surface area contributed by atoms with Gasteiger partial charge < -0.3 is 10.1 Å². The highest BCUT2D eigenvalue weighted by atomic mass is 32.2. The van der Waals surface area contributed by atoms with Crippen LogP contribution in [-0.2, 0) is 14.8 Å². The Morgan fingerprint density at radius 3 is 2.79 bits per heavy atom. The zero-order chi connectivity index (χ0) is 17.3. The summed E-state index contributed by atoms with van der Waals surface area (Å²) in [7, 11) is -2.55. The Morgan fingerprint density at radius 2 is 2.04 bits per heavy atom. The number of hydrogen-bond acceptors (Lipinski definition) is 5. The van der Waals surface area contributed by atoms with Gasteiger partial charge in [-0.05, 0) is 24.6 Å². The normalized spacial score (nSPS) is 23.2. The van der Waals surface area contributed by atoms with Gasteiger partial charge in [-0.25, -0.2) is 12.8 Å². The Morgan fingerprint density at radius 1 is 1.25 bits per heavy atom. The molecular formula is C15H20FN3O4S. The van der Waals surface area contributed by atoms with Crippen molar-refractivity contribution in [2.75, 3.05) is 39.8 Å². The maximum Gasteiger partial charge on any atom is 0.246 e. The van der Waals surface area contributed by atoms with Crippen LogP contribution in [0.15, 0.2) is 23.1 Å². The molecule has 132 valence electrons. The molecule has 2 heterocycles. The third-order valence-corrected chi connectivity index (χ3v) is 6.39. The number of rotatable bonds is 3. The molecule has 2 aliphatic rings. The van der Waals surface area contributed by atoms with Gasteiger partial charge in [0, 0.05) is 32.7 Å². The van der Waals surface area contributed by atoms with Crippen molar-refractivity contribution < 1.29 is 22.3 Å². The molecule has 2 aliphatic heterocycles. The first-order valence-corrected chi connectivity index (χ1v) is 9.23. The second-order valence-corrected chi connectivity index (χ2v) is 7.74. The van der Waals surface area contributed by atoms with Gasteiger partial charge in [-0.2, -0.15) is 4.31 Å². The van der Waals surface area contributed by atoms with E-state index in [9.17, 15) is 17.6 Å². The van der Waals surface area contributed by atoms with Crippen molar-refractivity contribution in [3.05, 3.63) is 24.0 Å². The molecule has 1 unspecified atom stereocenters. The minimum Gasteiger partial charge on any atom is -0.495 e. The first kappa shape index (κ1) is 17.1. The molecule has 24 heavy (non-hydrogen) atoms. The van der Waals surface area contributed by atoms with Gasteiger partial charge in [0.25, 0.3) is 0 Å². The van der Waals surface area contributed by atoms with Crippen molar-refractivity contribution in [2.45, 2.75) is 17.4 Å². The Bertz CT molecular complexity index is 740. The number of benzene rings is 1. The molecule has 0 spiro atoms. The minimum absolute atomic E-state index is 0.0659. The van der Waals surface area contributed by atoms with E-state index < -0.39 is 15.8 Å². The summed E-state index contributed by atoms with van der Waals surface area (Å²) in [4.78, 5) is 13.8. The largest absolute Gasteiger partial charge is 0.495 e. The van der Waals surface area contributed by atoms with Crippen molar-refractivity contribution in [2.24, 2.45) is 0 Å². The summed E-state index contributed by atoms with van der Waals surface area (Å²) in [5.41, 5.74) is 0. The van der Waals surface area contributed by atoms with E-state index in [1.807, 2.05) is 4.90 Å². The first-order chi connectivity index (χ1) is 11.4. The lowest BCUT2D eigenvalue weighted by Crippen LogP contribution is -2.55. The van der Waals surface area contributed by atoms with Crippen molar-refractivity contribution in [1.29, 1.82) is 0 Å². The van der Waals surface area contributed by atoms with Crippen LogP contribution < -0.4 is 10.1 Å². The van der Waals surface area contributed by atoms with Crippen molar-refractivity contribution in [3.63, 3.8) is 0 Å². The molecule has 0 bridgehead atoms. The number of nitrogens with one attached hydrogen (secondary N) is 1. The summed E-state index contributed by atoms with van der Waals surface area (Å²) >= 11 is 0. The van der Waals surface area contributed by atoms with Crippen LogP contribution in [0.5, 0.6) is 5.75 Å². The monoisotopic (exact) mass is 357 g/mol. The van der Waals surface area contributed by atoms with Gasteiger partial charge >= 0.3 is 0 Å². The topological polar surface area (TPSA) is 79.0 Å².